The van der Waals surface area contributed by atoms with E-state index in [-0.39, 0.29) is 11.9 Å². The van der Waals surface area contributed by atoms with Gasteiger partial charge in [0.25, 0.3) is 5.91 Å². The molecule has 0 saturated carbocycles. The third kappa shape index (κ3) is 5.34. The third-order valence-electron chi connectivity index (χ3n) is 3.54. The SMILES string of the molecule is C=CCNC(=O)c1ccc(NC(=O)NCc2cccnc2N(C)C)cc1. The van der Waals surface area contributed by atoms with Crippen LogP contribution in [-0.4, -0.2) is 37.6 Å². The molecule has 1 aromatic heterocycles. The molecule has 0 fully saturated rings. The number of benzene rings is 1. The molecule has 1 heterocycles. The lowest BCUT2D eigenvalue weighted by molar-refractivity contribution is 0.0958. The van der Waals surface area contributed by atoms with Crippen LogP contribution < -0.4 is 20.9 Å². The Balaban J connectivity index is 1.90. The van der Waals surface area contributed by atoms with Crippen LogP contribution in [0.3, 0.4) is 0 Å². The second-order valence-corrected chi connectivity index (χ2v) is 5.76. The van der Waals surface area contributed by atoms with Crippen molar-refractivity contribution in [2.75, 3.05) is 30.9 Å². The molecule has 2 aromatic rings. The monoisotopic (exact) mass is 353 g/mol. The molecule has 0 spiro atoms. The van der Waals surface area contributed by atoms with Gasteiger partial charge in [-0.1, -0.05) is 12.1 Å². The standard InChI is InChI=1S/C19H23N5O2/c1-4-11-21-18(25)14-7-9-16(10-8-14)23-19(26)22-13-15-6-5-12-20-17(15)24(2)3/h4-10,12H,1,11,13H2,2-3H3,(H,21,25)(H2,22,23,26). The van der Waals surface area contributed by atoms with Gasteiger partial charge in [-0.05, 0) is 30.3 Å². The van der Waals surface area contributed by atoms with Crippen molar-refractivity contribution in [2.24, 2.45) is 0 Å². The summed E-state index contributed by atoms with van der Waals surface area (Å²) in [7, 11) is 3.80. The summed E-state index contributed by atoms with van der Waals surface area (Å²) in [5.74, 6) is 0.622. The molecule has 0 radical (unpaired) electrons. The van der Waals surface area contributed by atoms with Crippen molar-refractivity contribution in [3.8, 4) is 0 Å². The summed E-state index contributed by atoms with van der Waals surface area (Å²) in [6.45, 7) is 4.32. The van der Waals surface area contributed by atoms with E-state index in [2.05, 4.69) is 27.5 Å². The Kier molecular flexibility index (Phi) is 6.73. The Morgan fingerprint density at radius 3 is 2.54 bits per heavy atom. The summed E-state index contributed by atoms with van der Waals surface area (Å²) in [6.07, 6.45) is 3.33. The Hall–Kier alpha value is -3.35. The van der Waals surface area contributed by atoms with Crippen LogP contribution in [0.5, 0.6) is 0 Å². The van der Waals surface area contributed by atoms with Crippen LogP contribution in [0, 0.1) is 0 Å². The highest BCUT2D eigenvalue weighted by molar-refractivity contribution is 5.95. The van der Waals surface area contributed by atoms with Crippen molar-refractivity contribution in [2.45, 2.75) is 6.54 Å². The first kappa shape index (κ1) is 19.0. The molecule has 0 bridgehead atoms. The zero-order chi connectivity index (χ0) is 18.9. The molecule has 0 aliphatic heterocycles. The molecule has 7 nitrogen and oxygen atoms in total. The summed E-state index contributed by atoms with van der Waals surface area (Å²) >= 11 is 0. The molecule has 3 amide bonds. The number of carbonyl (C=O) groups excluding carboxylic acids is 2. The quantitative estimate of drug-likeness (QED) is 0.667. The van der Waals surface area contributed by atoms with E-state index in [0.717, 1.165) is 11.4 Å². The lowest BCUT2D eigenvalue weighted by atomic mass is 10.2. The first-order valence-corrected chi connectivity index (χ1v) is 8.16. The maximum Gasteiger partial charge on any atom is 0.319 e. The molecule has 26 heavy (non-hydrogen) atoms. The average Bonchev–Trinajstić information content (AvgIpc) is 2.65. The van der Waals surface area contributed by atoms with Crippen molar-refractivity contribution in [3.05, 3.63) is 66.4 Å². The van der Waals surface area contributed by atoms with Gasteiger partial charge in [0.05, 0.1) is 0 Å². The van der Waals surface area contributed by atoms with Gasteiger partial charge in [-0.25, -0.2) is 9.78 Å². The molecule has 0 aliphatic carbocycles. The van der Waals surface area contributed by atoms with Crippen molar-refractivity contribution >= 4 is 23.4 Å². The highest BCUT2D eigenvalue weighted by atomic mass is 16.2. The minimum atomic E-state index is -0.331. The summed E-state index contributed by atoms with van der Waals surface area (Å²) in [5, 5.41) is 8.23. The molecular formula is C19H23N5O2. The average molecular weight is 353 g/mol. The van der Waals surface area contributed by atoms with E-state index in [0.29, 0.717) is 24.3 Å². The second-order valence-electron chi connectivity index (χ2n) is 5.76. The predicted molar refractivity (Wildman–Crippen MR) is 103 cm³/mol. The van der Waals surface area contributed by atoms with Gasteiger partial charge in [0.15, 0.2) is 0 Å². The Morgan fingerprint density at radius 1 is 1.15 bits per heavy atom. The Labute approximate surface area is 153 Å². The number of anilines is 2. The van der Waals surface area contributed by atoms with Gasteiger partial charge in [-0.2, -0.15) is 0 Å². The van der Waals surface area contributed by atoms with E-state index in [1.165, 1.54) is 0 Å². The molecule has 7 heteroatoms. The van der Waals surface area contributed by atoms with Gasteiger partial charge in [0, 0.05) is 50.2 Å². The van der Waals surface area contributed by atoms with E-state index in [1.54, 1.807) is 36.5 Å². The lowest BCUT2D eigenvalue weighted by Gasteiger charge is -2.16. The number of pyridine rings is 1. The number of nitrogens with zero attached hydrogens (tertiary/aromatic N) is 2. The van der Waals surface area contributed by atoms with E-state index < -0.39 is 0 Å². The largest absolute Gasteiger partial charge is 0.362 e. The highest BCUT2D eigenvalue weighted by Gasteiger charge is 2.08. The van der Waals surface area contributed by atoms with Crippen LogP contribution in [0.4, 0.5) is 16.3 Å². The fourth-order valence-corrected chi connectivity index (χ4v) is 2.29. The first-order chi connectivity index (χ1) is 12.5. The highest BCUT2D eigenvalue weighted by Crippen LogP contribution is 2.14. The number of rotatable bonds is 7. The molecule has 2 rings (SSSR count). The number of hydrogen-bond acceptors (Lipinski definition) is 4. The molecule has 1 aromatic carbocycles. The lowest BCUT2D eigenvalue weighted by Crippen LogP contribution is -2.29. The number of carbonyl (C=O) groups is 2. The molecule has 0 unspecified atom stereocenters. The molecule has 0 atom stereocenters. The number of aromatic nitrogens is 1. The van der Waals surface area contributed by atoms with Gasteiger partial charge in [-0.3, -0.25) is 4.79 Å². The van der Waals surface area contributed by atoms with Crippen LogP contribution in [-0.2, 0) is 6.54 Å². The van der Waals surface area contributed by atoms with Crippen LogP contribution in [0.15, 0.2) is 55.3 Å². The van der Waals surface area contributed by atoms with E-state index >= 15 is 0 Å². The smallest absolute Gasteiger partial charge is 0.319 e. The molecule has 0 aliphatic rings. The molecule has 3 N–H and O–H groups in total. The fraction of sp³-hybridized carbons (Fsp3) is 0.211. The van der Waals surface area contributed by atoms with Crippen molar-refractivity contribution in [1.29, 1.82) is 0 Å². The van der Waals surface area contributed by atoms with Crippen molar-refractivity contribution < 1.29 is 9.59 Å². The Bertz CT molecular complexity index is 772. The minimum absolute atomic E-state index is 0.186. The number of urea groups is 1. The zero-order valence-electron chi connectivity index (χ0n) is 15.0. The topological polar surface area (TPSA) is 86.4 Å². The van der Waals surface area contributed by atoms with Crippen LogP contribution in [0.2, 0.25) is 0 Å². The predicted octanol–water partition coefficient (Wildman–Crippen LogP) is 2.39. The van der Waals surface area contributed by atoms with Gasteiger partial charge >= 0.3 is 6.03 Å². The second kappa shape index (κ2) is 9.22. The van der Waals surface area contributed by atoms with Gasteiger partial charge in [-0.15, -0.1) is 6.58 Å². The number of hydrogen-bond donors (Lipinski definition) is 3. The number of amides is 3. The Morgan fingerprint density at radius 2 is 1.88 bits per heavy atom. The summed E-state index contributed by atoms with van der Waals surface area (Å²) in [4.78, 5) is 30.1. The fourth-order valence-electron chi connectivity index (χ4n) is 2.29. The van der Waals surface area contributed by atoms with Crippen LogP contribution >= 0.6 is 0 Å². The van der Waals surface area contributed by atoms with Gasteiger partial charge in [0.2, 0.25) is 0 Å². The third-order valence-corrected chi connectivity index (χ3v) is 3.54. The van der Waals surface area contributed by atoms with Gasteiger partial charge in [0.1, 0.15) is 5.82 Å². The van der Waals surface area contributed by atoms with Gasteiger partial charge < -0.3 is 20.9 Å². The van der Waals surface area contributed by atoms with E-state index in [1.807, 2.05) is 31.1 Å². The van der Waals surface area contributed by atoms with E-state index in [4.69, 9.17) is 0 Å². The molecular weight excluding hydrogens is 330 g/mol. The summed E-state index contributed by atoms with van der Waals surface area (Å²) < 4.78 is 0. The zero-order valence-corrected chi connectivity index (χ0v) is 15.0. The normalized spacial score (nSPS) is 9.92. The van der Waals surface area contributed by atoms with E-state index in [9.17, 15) is 9.59 Å². The number of nitrogens with one attached hydrogen (secondary N) is 3. The maximum atomic E-state index is 12.1. The van der Waals surface area contributed by atoms with Crippen molar-refractivity contribution in [3.63, 3.8) is 0 Å². The first-order valence-electron chi connectivity index (χ1n) is 8.16. The van der Waals surface area contributed by atoms with Crippen molar-refractivity contribution in [1.82, 2.24) is 15.6 Å². The minimum Gasteiger partial charge on any atom is -0.362 e. The molecule has 136 valence electrons. The maximum absolute atomic E-state index is 12.1. The summed E-state index contributed by atoms with van der Waals surface area (Å²) in [5.41, 5.74) is 2.03. The van der Waals surface area contributed by atoms with Crippen LogP contribution in [0.25, 0.3) is 0 Å². The molecule has 0 saturated heterocycles. The van der Waals surface area contributed by atoms with Crippen LogP contribution in [0.1, 0.15) is 15.9 Å². The summed E-state index contributed by atoms with van der Waals surface area (Å²) in [6, 6.07) is 10.1.